The van der Waals surface area contributed by atoms with Crippen LogP contribution in [0.15, 0.2) is 12.3 Å². The number of hydrogen-bond acceptors (Lipinski definition) is 1. The first-order valence-electron chi connectivity index (χ1n) is 4.11. The summed E-state index contributed by atoms with van der Waals surface area (Å²) in [7, 11) is 1.95. The van der Waals surface area contributed by atoms with Gasteiger partial charge >= 0.3 is 0 Å². The molecule has 0 aliphatic rings. The molecule has 1 rings (SSSR count). The summed E-state index contributed by atoms with van der Waals surface area (Å²) in [5.41, 5.74) is 1.20. The summed E-state index contributed by atoms with van der Waals surface area (Å²) >= 11 is 0. The second-order valence-corrected chi connectivity index (χ2v) is 3.45. The van der Waals surface area contributed by atoms with Crippen molar-refractivity contribution in [1.29, 1.82) is 0 Å². The predicted molar refractivity (Wildman–Crippen MR) is 46.5 cm³/mol. The maximum atomic E-state index is 4.35. The van der Waals surface area contributed by atoms with Crippen LogP contribution in [-0.2, 0) is 7.05 Å². The third-order valence-electron chi connectivity index (χ3n) is 2.20. The number of rotatable bonds is 2. The highest BCUT2D eigenvalue weighted by Gasteiger charge is 2.11. The van der Waals surface area contributed by atoms with E-state index in [1.165, 1.54) is 5.69 Å². The van der Waals surface area contributed by atoms with E-state index in [9.17, 15) is 0 Å². The Balaban J connectivity index is 2.76. The van der Waals surface area contributed by atoms with Gasteiger partial charge in [0.05, 0.1) is 5.69 Å². The van der Waals surface area contributed by atoms with Crippen LogP contribution in [0.5, 0.6) is 0 Å². The van der Waals surface area contributed by atoms with Gasteiger partial charge in [-0.05, 0) is 12.0 Å². The third kappa shape index (κ3) is 1.82. The Hall–Kier alpha value is -0.790. The lowest BCUT2D eigenvalue weighted by molar-refractivity contribution is 0.516. The van der Waals surface area contributed by atoms with Gasteiger partial charge in [-0.1, -0.05) is 20.8 Å². The molecule has 1 heterocycles. The lowest BCUT2D eigenvalue weighted by atomic mass is 9.95. The van der Waals surface area contributed by atoms with E-state index in [-0.39, 0.29) is 0 Å². The Morgan fingerprint density at radius 2 is 2.00 bits per heavy atom. The Bertz CT molecular complexity index is 225. The Morgan fingerprint density at radius 3 is 2.36 bits per heavy atom. The molecule has 62 valence electrons. The van der Waals surface area contributed by atoms with Crippen LogP contribution in [0, 0.1) is 5.92 Å². The molecule has 2 heteroatoms. The predicted octanol–water partition coefficient (Wildman–Crippen LogP) is 2.18. The number of nitrogens with zero attached hydrogens (tertiary/aromatic N) is 2. The van der Waals surface area contributed by atoms with E-state index in [2.05, 4.69) is 31.9 Å². The molecule has 0 fully saturated rings. The van der Waals surface area contributed by atoms with Crippen LogP contribution >= 0.6 is 0 Å². The largest absolute Gasteiger partial charge is 0.276 e. The normalized spacial score (nSPS) is 13.9. The van der Waals surface area contributed by atoms with Crippen LogP contribution in [0.4, 0.5) is 0 Å². The highest BCUT2D eigenvalue weighted by molar-refractivity contribution is 5.05. The van der Waals surface area contributed by atoms with E-state index in [1.807, 2.05) is 17.9 Å². The van der Waals surface area contributed by atoms with E-state index in [0.29, 0.717) is 11.8 Å². The lowest BCUT2D eigenvalue weighted by Crippen LogP contribution is -2.03. The summed E-state index contributed by atoms with van der Waals surface area (Å²) in [6.45, 7) is 6.66. The van der Waals surface area contributed by atoms with Gasteiger partial charge in [-0.2, -0.15) is 5.10 Å². The van der Waals surface area contributed by atoms with Crippen molar-refractivity contribution in [2.24, 2.45) is 13.0 Å². The average Bonchev–Trinajstić information content (AvgIpc) is 2.34. The van der Waals surface area contributed by atoms with E-state index < -0.39 is 0 Å². The summed E-state index contributed by atoms with van der Waals surface area (Å²) < 4.78 is 1.86. The Morgan fingerprint density at radius 1 is 1.36 bits per heavy atom. The van der Waals surface area contributed by atoms with Gasteiger partial charge < -0.3 is 0 Å². The Kier molecular flexibility index (Phi) is 2.32. The topological polar surface area (TPSA) is 17.8 Å². The SMILES string of the molecule is CC(C)[C@H](C)c1ccn(C)n1. The van der Waals surface area contributed by atoms with Gasteiger partial charge in [-0.25, -0.2) is 0 Å². The third-order valence-corrected chi connectivity index (χ3v) is 2.20. The van der Waals surface area contributed by atoms with Crippen LogP contribution < -0.4 is 0 Å². The molecule has 0 aliphatic carbocycles. The van der Waals surface area contributed by atoms with Crippen LogP contribution in [-0.4, -0.2) is 9.78 Å². The van der Waals surface area contributed by atoms with Crippen molar-refractivity contribution in [2.45, 2.75) is 26.7 Å². The minimum Gasteiger partial charge on any atom is -0.276 e. The maximum Gasteiger partial charge on any atom is 0.0655 e. The van der Waals surface area contributed by atoms with E-state index >= 15 is 0 Å². The molecule has 11 heavy (non-hydrogen) atoms. The van der Waals surface area contributed by atoms with Crippen molar-refractivity contribution in [3.8, 4) is 0 Å². The molecule has 1 atom stereocenters. The zero-order valence-electron chi connectivity index (χ0n) is 7.70. The van der Waals surface area contributed by atoms with Gasteiger partial charge in [0.2, 0.25) is 0 Å². The molecule has 0 saturated heterocycles. The standard InChI is InChI=1S/C9H16N2/c1-7(2)8(3)9-5-6-11(4)10-9/h5-8H,1-4H3/t8-/m0/s1. The highest BCUT2D eigenvalue weighted by atomic mass is 15.2. The molecule has 2 nitrogen and oxygen atoms in total. The first-order chi connectivity index (χ1) is 5.11. The first-order valence-corrected chi connectivity index (χ1v) is 4.11. The monoisotopic (exact) mass is 152 g/mol. The van der Waals surface area contributed by atoms with Crippen molar-refractivity contribution in [3.63, 3.8) is 0 Å². The van der Waals surface area contributed by atoms with Crippen molar-refractivity contribution in [1.82, 2.24) is 9.78 Å². The van der Waals surface area contributed by atoms with Crippen LogP contribution in [0.1, 0.15) is 32.4 Å². The van der Waals surface area contributed by atoms with Gasteiger partial charge in [-0.3, -0.25) is 4.68 Å². The number of hydrogen-bond donors (Lipinski definition) is 0. The summed E-state index contributed by atoms with van der Waals surface area (Å²) in [5, 5.41) is 4.35. The molecule has 1 aromatic rings. The zero-order chi connectivity index (χ0) is 8.43. The zero-order valence-corrected chi connectivity index (χ0v) is 7.70. The smallest absolute Gasteiger partial charge is 0.0655 e. The van der Waals surface area contributed by atoms with Crippen molar-refractivity contribution >= 4 is 0 Å². The fourth-order valence-electron chi connectivity index (χ4n) is 1.02. The average molecular weight is 152 g/mol. The van der Waals surface area contributed by atoms with Crippen LogP contribution in [0.3, 0.4) is 0 Å². The molecular formula is C9H16N2. The van der Waals surface area contributed by atoms with E-state index in [1.54, 1.807) is 0 Å². The molecular weight excluding hydrogens is 136 g/mol. The number of aromatic nitrogens is 2. The molecule has 0 bridgehead atoms. The van der Waals surface area contributed by atoms with Gasteiger partial charge in [0, 0.05) is 19.2 Å². The molecule has 0 saturated carbocycles. The van der Waals surface area contributed by atoms with E-state index in [0.717, 1.165) is 0 Å². The summed E-state index contributed by atoms with van der Waals surface area (Å²) in [5.74, 6) is 1.24. The van der Waals surface area contributed by atoms with Crippen LogP contribution in [0.25, 0.3) is 0 Å². The van der Waals surface area contributed by atoms with Crippen LogP contribution in [0.2, 0.25) is 0 Å². The fourth-order valence-corrected chi connectivity index (χ4v) is 1.02. The molecule has 1 aromatic heterocycles. The van der Waals surface area contributed by atoms with Crippen molar-refractivity contribution in [3.05, 3.63) is 18.0 Å². The fraction of sp³-hybridized carbons (Fsp3) is 0.667. The molecule has 0 spiro atoms. The second kappa shape index (κ2) is 3.07. The summed E-state index contributed by atoms with van der Waals surface area (Å²) in [6.07, 6.45) is 1.99. The van der Waals surface area contributed by atoms with Gasteiger partial charge in [0.1, 0.15) is 0 Å². The number of aryl methyl sites for hydroxylation is 1. The Labute approximate surface area is 68.2 Å². The molecule has 0 radical (unpaired) electrons. The molecule has 0 N–H and O–H groups in total. The van der Waals surface area contributed by atoms with Gasteiger partial charge in [0.15, 0.2) is 0 Å². The van der Waals surface area contributed by atoms with Gasteiger partial charge in [-0.15, -0.1) is 0 Å². The first kappa shape index (κ1) is 8.31. The quantitative estimate of drug-likeness (QED) is 0.635. The highest BCUT2D eigenvalue weighted by Crippen LogP contribution is 2.20. The van der Waals surface area contributed by atoms with E-state index in [4.69, 9.17) is 0 Å². The maximum absolute atomic E-state index is 4.35. The van der Waals surface area contributed by atoms with Crippen molar-refractivity contribution < 1.29 is 0 Å². The van der Waals surface area contributed by atoms with Gasteiger partial charge in [0.25, 0.3) is 0 Å². The lowest BCUT2D eigenvalue weighted by Gasteiger charge is -2.11. The molecule has 0 unspecified atom stereocenters. The minimum absolute atomic E-state index is 0.566. The summed E-state index contributed by atoms with van der Waals surface area (Å²) in [6, 6.07) is 2.09. The second-order valence-electron chi connectivity index (χ2n) is 3.45. The molecule has 0 aromatic carbocycles. The van der Waals surface area contributed by atoms with Crippen molar-refractivity contribution in [2.75, 3.05) is 0 Å². The minimum atomic E-state index is 0.566. The molecule has 0 aliphatic heterocycles. The summed E-state index contributed by atoms with van der Waals surface area (Å²) in [4.78, 5) is 0. The molecule has 0 amide bonds.